The van der Waals surface area contributed by atoms with Gasteiger partial charge in [-0.25, -0.2) is 0 Å². The predicted octanol–water partition coefficient (Wildman–Crippen LogP) is 6.14. The number of likely N-dealkylation sites (tertiary alicyclic amines) is 1. The summed E-state index contributed by atoms with van der Waals surface area (Å²) in [5.74, 6) is 0.710. The third kappa shape index (κ3) is 6.82. The van der Waals surface area contributed by atoms with Crippen molar-refractivity contribution in [2.45, 2.75) is 45.6 Å². The number of anilines is 2. The Bertz CT molecular complexity index is 1460. The molecule has 0 aliphatic carbocycles. The summed E-state index contributed by atoms with van der Waals surface area (Å²) in [7, 11) is 0. The number of amides is 2. The third-order valence-corrected chi connectivity index (χ3v) is 7.14. The average Bonchev–Trinajstić information content (AvgIpc) is 3.42. The van der Waals surface area contributed by atoms with Crippen molar-refractivity contribution in [3.63, 3.8) is 0 Å². The van der Waals surface area contributed by atoms with Crippen LogP contribution in [0.3, 0.4) is 0 Å². The van der Waals surface area contributed by atoms with Gasteiger partial charge in [0, 0.05) is 29.0 Å². The molecule has 1 aliphatic heterocycles. The molecule has 40 heavy (non-hydrogen) atoms. The van der Waals surface area contributed by atoms with Crippen molar-refractivity contribution in [2.24, 2.45) is 5.92 Å². The van der Waals surface area contributed by atoms with Crippen molar-refractivity contribution in [1.29, 1.82) is 0 Å². The highest BCUT2D eigenvalue weighted by Gasteiger charge is 2.27. The van der Waals surface area contributed by atoms with Gasteiger partial charge in [0.05, 0.1) is 12.5 Å². The fraction of sp³-hybridized carbons (Fsp3) is 0.312. The molecule has 8 nitrogen and oxygen atoms in total. The lowest BCUT2D eigenvalue weighted by atomic mass is 9.87. The molecule has 2 heterocycles. The molecule has 0 bridgehead atoms. The molecule has 5 rings (SSSR count). The van der Waals surface area contributed by atoms with E-state index in [4.69, 9.17) is 4.52 Å². The van der Waals surface area contributed by atoms with Crippen LogP contribution in [-0.2, 0) is 16.8 Å². The summed E-state index contributed by atoms with van der Waals surface area (Å²) in [4.78, 5) is 32.7. The third-order valence-electron chi connectivity index (χ3n) is 7.14. The maximum atomic E-state index is 13.1. The van der Waals surface area contributed by atoms with Crippen molar-refractivity contribution in [3.8, 4) is 11.4 Å². The van der Waals surface area contributed by atoms with Gasteiger partial charge in [-0.15, -0.1) is 0 Å². The molecule has 2 amide bonds. The molecule has 3 aromatic carbocycles. The molecule has 1 fully saturated rings. The Morgan fingerprint density at radius 2 is 1.68 bits per heavy atom. The Labute approximate surface area is 234 Å². The van der Waals surface area contributed by atoms with Crippen molar-refractivity contribution >= 4 is 23.2 Å². The molecule has 1 aromatic heterocycles. The van der Waals surface area contributed by atoms with Crippen LogP contribution in [-0.4, -0.2) is 39.9 Å². The van der Waals surface area contributed by atoms with E-state index in [1.165, 1.54) is 5.56 Å². The summed E-state index contributed by atoms with van der Waals surface area (Å²) < 4.78 is 5.47. The molecule has 1 saturated heterocycles. The zero-order valence-corrected chi connectivity index (χ0v) is 23.2. The van der Waals surface area contributed by atoms with E-state index in [2.05, 4.69) is 46.4 Å². The fourth-order valence-corrected chi connectivity index (χ4v) is 4.87. The number of carbonyl (C=O) groups is 2. The Kier molecular flexibility index (Phi) is 8.07. The zero-order valence-electron chi connectivity index (χ0n) is 23.2. The first-order valence-electron chi connectivity index (χ1n) is 13.7. The molecule has 206 valence electrons. The topological polar surface area (TPSA) is 100 Å². The quantitative estimate of drug-likeness (QED) is 0.294. The monoisotopic (exact) mass is 537 g/mol. The van der Waals surface area contributed by atoms with E-state index in [0.29, 0.717) is 41.7 Å². The van der Waals surface area contributed by atoms with Crippen LogP contribution in [0.1, 0.15) is 55.4 Å². The van der Waals surface area contributed by atoms with Gasteiger partial charge in [0.2, 0.25) is 17.6 Å². The van der Waals surface area contributed by atoms with Gasteiger partial charge in [-0.05, 0) is 60.7 Å². The lowest BCUT2D eigenvalue weighted by molar-refractivity contribution is -0.121. The van der Waals surface area contributed by atoms with E-state index < -0.39 is 0 Å². The summed E-state index contributed by atoms with van der Waals surface area (Å²) >= 11 is 0. The van der Waals surface area contributed by atoms with Crippen molar-refractivity contribution in [1.82, 2.24) is 15.0 Å². The van der Waals surface area contributed by atoms with Gasteiger partial charge in [-0.2, -0.15) is 4.98 Å². The summed E-state index contributed by atoms with van der Waals surface area (Å²) in [6, 6.07) is 24.6. The van der Waals surface area contributed by atoms with Gasteiger partial charge in [0.25, 0.3) is 5.91 Å². The van der Waals surface area contributed by atoms with E-state index in [9.17, 15) is 9.59 Å². The van der Waals surface area contributed by atoms with Gasteiger partial charge in [0.1, 0.15) is 0 Å². The SMILES string of the molecule is CC(C)(C)c1ccc(C(=O)Nc2cccc(NC(=O)C3CCCN(Cc4nc(-c5ccccc5)no4)C3)c2)cc1. The highest BCUT2D eigenvalue weighted by molar-refractivity contribution is 6.04. The standard InChI is InChI=1S/C32H35N5O3/c1-32(2,3)25-16-14-23(15-17-25)30(38)33-26-12-7-13-27(19-26)34-31(39)24-11-8-18-37(20-24)21-28-35-29(36-40-28)22-9-5-4-6-10-22/h4-7,9-10,12-17,19,24H,8,11,18,20-21H2,1-3H3,(H,33,38)(H,34,39). The number of rotatable bonds is 7. The number of aromatic nitrogens is 2. The lowest BCUT2D eigenvalue weighted by Gasteiger charge is -2.30. The fourth-order valence-electron chi connectivity index (χ4n) is 4.87. The van der Waals surface area contributed by atoms with Crippen molar-refractivity contribution < 1.29 is 14.1 Å². The van der Waals surface area contributed by atoms with E-state index in [1.807, 2.05) is 72.8 Å². The van der Waals surface area contributed by atoms with Crippen LogP contribution in [0.2, 0.25) is 0 Å². The Morgan fingerprint density at radius 1 is 0.950 bits per heavy atom. The number of hydrogen-bond donors (Lipinski definition) is 2. The van der Waals surface area contributed by atoms with E-state index in [1.54, 1.807) is 6.07 Å². The zero-order chi connectivity index (χ0) is 28.1. The molecule has 1 aliphatic rings. The second-order valence-electron chi connectivity index (χ2n) is 11.3. The van der Waals surface area contributed by atoms with E-state index in [0.717, 1.165) is 24.9 Å². The molecule has 0 radical (unpaired) electrons. The van der Waals surface area contributed by atoms with Crippen LogP contribution < -0.4 is 10.6 Å². The predicted molar refractivity (Wildman–Crippen MR) is 156 cm³/mol. The van der Waals surface area contributed by atoms with Crippen molar-refractivity contribution in [3.05, 3.63) is 95.9 Å². The molecular formula is C32H35N5O3. The Hall–Kier alpha value is -4.30. The molecule has 0 saturated carbocycles. The van der Waals surface area contributed by atoms with E-state index >= 15 is 0 Å². The van der Waals surface area contributed by atoms with Crippen LogP contribution in [0.4, 0.5) is 11.4 Å². The van der Waals surface area contributed by atoms with Gasteiger partial charge in [-0.1, -0.05) is 74.5 Å². The molecular weight excluding hydrogens is 502 g/mol. The minimum Gasteiger partial charge on any atom is -0.338 e. The molecule has 2 N–H and O–H groups in total. The molecule has 1 atom stereocenters. The van der Waals surface area contributed by atoms with Gasteiger partial charge in [-0.3, -0.25) is 14.5 Å². The molecule has 4 aromatic rings. The summed E-state index contributed by atoms with van der Waals surface area (Å²) in [6.07, 6.45) is 1.71. The average molecular weight is 538 g/mol. The maximum Gasteiger partial charge on any atom is 0.255 e. The number of nitrogens with zero attached hydrogens (tertiary/aromatic N) is 3. The Balaban J connectivity index is 1.16. The number of nitrogens with one attached hydrogen (secondary N) is 2. The largest absolute Gasteiger partial charge is 0.338 e. The molecule has 0 spiro atoms. The van der Waals surface area contributed by atoms with Gasteiger partial charge in [0.15, 0.2) is 0 Å². The summed E-state index contributed by atoms with van der Waals surface area (Å²) in [5.41, 5.74) is 3.96. The number of carbonyl (C=O) groups excluding carboxylic acids is 2. The van der Waals surface area contributed by atoms with Crippen LogP contribution in [0, 0.1) is 5.92 Å². The van der Waals surface area contributed by atoms with Crippen molar-refractivity contribution in [2.75, 3.05) is 23.7 Å². The Morgan fingerprint density at radius 3 is 2.40 bits per heavy atom. The lowest BCUT2D eigenvalue weighted by Crippen LogP contribution is -2.40. The first-order valence-corrected chi connectivity index (χ1v) is 13.7. The van der Waals surface area contributed by atoms with Crippen LogP contribution in [0.5, 0.6) is 0 Å². The molecule has 8 heteroatoms. The number of hydrogen-bond acceptors (Lipinski definition) is 6. The molecule has 1 unspecified atom stereocenters. The minimum absolute atomic E-state index is 0.0235. The highest BCUT2D eigenvalue weighted by Crippen LogP contribution is 2.24. The van der Waals surface area contributed by atoms with Gasteiger partial charge < -0.3 is 15.2 Å². The highest BCUT2D eigenvalue weighted by atomic mass is 16.5. The maximum absolute atomic E-state index is 13.1. The first-order chi connectivity index (χ1) is 19.2. The van der Waals surface area contributed by atoms with Crippen LogP contribution in [0.25, 0.3) is 11.4 Å². The van der Waals surface area contributed by atoms with Gasteiger partial charge >= 0.3 is 0 Å². The number of piperidine rings is 1. The summed E-state index contributed by atoms with van der Waals surface area (Å²) in [5, 5.41) is 10.1. The first kappa shape index (κ1) is 27.3. The number of benzene rings is 3. The smallest absolute Gasteiger partial charge is 0.255 e. The minimum atomic E-state index is -0.191. The summed E-state index contributed by atoms with van der Waals surface area (Å²) in [6.45, 7) is 8.40. The second-order valence-corrected chi connectivity index (χ2v) is 11.3. The normalized spacial score (nSPS) is 15.9. The van der Waals surface area contributed by atoms with Crippen LogP contribution >= 0.6 is 0 Å². The van der Waals surface area contributed by atoms with Crippen LogP contribution in [0.15, 0.2) is 83.4 Å². The van der Waals surface area contributed by atoms with E-state index in [-0.39, 0.29) is 23.1 Å². The second kappa shape index (κ2) is 11.8.